The lowest BCUT2D eigenvalue weighted by Crippen LogP contribution is -1.95. The van der Waals surface area contributed by atoms with Crippen LogP contribution in [0.3, 0.4) is 0 Å². The summed E-state index contributed by atoms with van der Waals surface area (Å²) in [5, 5.41) is 6.25. The van der Waals surface area contributed by atoms with E-state index in [1.807, 2.05) is 48.2 Å². The molecule has 0 spiro atoms. The van der Waals surface area contributed by atoms with Gasteiger partial charge in [-0.25, -0.2) is 14.4 Å². The van der Waals surface area contributed by atoms with Gasteiger partial charge in [0.1, 0.15) is 11.6 Å². The fourth-order valence-electron chi connectivity index (χ4n) is 3.46. The van der Waals surface area contributed by atoms with Crippen molar-refractivity contribution in [2.75, 3.05) is 5.32 Å². The van der Waals surface area contributed by atoms with Gasteiger partial charge in [0.15, 0.2) is 5.13 Å². The van der Waals surface area contributed by atoms with Crippen LogP contribution in [-0.2, 0) is 7.05 Å². The molecular formula is C23H18FN5S. The molecule has 0 amide bonds. The molecule has 2 aromatic carbocycles. The number of aryl methyl sites for hydroxylation is 2. The summed E-state index contributed by atoms with van der Waals surface area (Å²) in [5.74, 6) is 0.460. The Balaban J connectivity index is 1.50. The molecule has 0 bridgehead atoms. The number of imidazole rings is 1. The Morgan fingerprint density at radius 3 is 2.63 bits per heavy atom. The fourth-order valence-corrected chi connectivity index (χ4v) is 4.20. The van der Waals surface area contributed by atoms with Crippen LogP contribution in [0.2, 0.25) is 0 Å². The van der Waals surface area contributed by atoms with Crippen molar-refractivity contribution in [1.29, 1.82) is 0 Å². The highest BCUT2D eigenvalue weighted by Gasteiger charge is 2.14. The van der Waals surface area contributed by atoms with E-state index in [4.69, 9.17) is 4.98 Å². The second-order valence-corrected chi connectivity index (χ2v) is 7.92. The molecule has 3 heterocycles. The highest BCUT2D eigenvalue weighted by atomic mass is 32.1. The third-order valence-corrected chi connectivity index (χ3v) is 5.79. The minimum absolute atomic E-state index is 0.271. The Morgan fingerprint density at radius 1 is 1.00 bits per heavy atom. The molecule has 148 valence electrons. The van der Waals surface area contributed by atoms with Crippen molar-refractivity contribution >= 4 is 33.2 Å². The Hall–Kier alpha value is -3.58. The molecule has 5 rings (SSSR count). The first-order chi connectivity index (χ1) is 14.6. The first-order valence-corrected chi connectivity index (χ1v) is 10.3. The number of anilines is 2. The zero-order valence-corrected chi connectivity index (χ0v) is 17.2. The number of halogens is 1. The summed E-state index contributed by atoms with van der Waals surface area (Å²) in [6.07, 6.45) is 3.52. The summed E-state index contributed by atoms with van der Waals surface area (Å²) in [6.45, 7) is 2.05. The van der Waals surface area contributed by atoms with Crippen LogP contribution in [0.15, 0.2) is 66.3 Å². The second-order valence-electron chi connectivity index (χ2n) is 7.06. The van der Waals surface area contributed by atoms with Crippen LogP contribution >= 0.6 is 11.3 Å². The van der Waals surface area contributed by atoms with Crippen molar-refractivity contribution in [3.05, 3.63) is 77.7 Å². The molecule has 0 aliphatic carbocycles. The smallest absolute Gasteiger partial charge is 0.187 e. The molecule has 3 aromatic heterocycles. The van der Waals surface area contributed by atoms with E-state index in [1.165, 1.54) is 12.1 Å². The minimum atomic E-state index is -0.271. The van der Waals surface area contributed by atoms with Crippen molar-refractivity contribution in [2.24, 2.45) is 7.05 Å². The van der Waals surface area contributed by atoms with E-state index in [2.05, 4.69) is 21.4 Å². The number of rotatable bonds is 4. The number of fused-ring (bicyclic) bond motifs is 1. The van der Waals surface area contributed by atoms with Gasteiger partial charge in [-0.15, -0.1) is 11.3 Å². The van der Waals surface area contributed by atoms with E-state index < -0.39 is 0 Å². The van der Waals surface area contributed by atoms with Crippen LogP contribution in [0.25, 0.3) is 33.7 Å². The summed E-state index contributed by atoms with van der Waals surface area (Å²) in [4.78, 5) is 13.5. The molecule has 30 heavy (non-hydrogen) atoms. The van der Waals surface area contributed by atoms with Gasteiger partial charge >= 0.3 is 0 Å². The molecule has 0 saturated heterocycles. The number of pyridine rings is 1. The topological polar surface area (TPSA) is 55.6 Å². The zero-order valence-electron chi connectivity index (χ0n) is 16.4. The number of benzene rings is 2. The van der Waals surface area contributed by atoms with E-state index in [0.29, 0.717) is 0 Å². The van der Waals surface area contributed by atoms with Gasteiger partial charge in [-0.3, -0.25) is 4.98 Å². The third-order valence-electron chi connectivity index (χ3n) is 5.03. The number of nitrogens with one attached hydrogen (secondary N) is 1. The number of hydrogen-bond acceptors (Lipinski definition) is 5. The summed E-state index contributed by atoms with van der Waals surface area (Å²) >= 11 is 1.55. The molecule has 0 unspecified atom stereocenters. The van der Waals surface area contributed by atoms with E-state index in [9.17, 15) is 4.39 Å². The molecule has 0 atom stereocenters. The van der Waals surface area contributed by atoms with Gasteiger partial charge in [0.25, 0.3) is 0 Å². The van der Waals surface area contributed by atoms with Gasteiger partial charge in [-0.05, 0) is 48.9 Å². The molecule has 0 radical (unpaired) electrons. The van der Waals surface area contributed by atoms with E-state index in [-0.39, 0.29) is 5.82 Å². The molecule has 5 aromatic rings. The van der Waals surface area contributed by atoms with Gasteiger partial charge in [0, 0.05) is 41.6 Å². The zero-order chi connectivity index (χ0) is 20.7. The molecule has 5 nitrogen and oxygen atoms in total. The summed E-state index contributed by atoms with van der Waals surface area (Å²) < 4.78 is 15.7. The van der Waals surface area contributed by atoms with Crippen molar-refractivity contribution in [2.45, 2.75) is 6.92 Å². The number of thiazole rings is 1. The van der Waals surface area contributed by atoms with Crippen LogP contribution in [0.4, 0.5) is 15.2 Å². The van der Waals surface area contributed by atoms with Gasteiger partial charge in [-0.1, -0.05) is 12.1 Å². The van der Waals surface area contributed by atoms with E-state index in [0.717, 1.165) is 50.1 Å². The van der Waals surface area contributed by atoms with Crippen LogP contribution in [0.1, 0.15) is 5.56 Å². The summed E-state index contributed by atoms with van der Waals surface area (Å²) in [5.41, 5.74) is 6.56. The monoisotopic (exact) mass is 415 g/mol. The van der Waals surface area contributed by atoms with Crippen molar-refractivity contribution in [1.82, 2.24) is 19.5 Å². The molecule has 0 fully saturated rings. The largest absolute Gasteiger partial charge is 0.331 e. The molecule has 7 heteroatoms. The lowest BCUT2D eigenvalue weighted by atomic mass is 10.1. The van der Waals surface area contributed by atoms with Gasteiger partial charge in [0.05, 0.1) is 16.7 Å². The van der Waals surface area contributed by atoms with E-state index in [1.54, 1.807) is 29.8 Å². The van der Waals surface area contributed by atoms with Crippen molar-refractivity contribution < 1.29 is 4.39 Å². The highest BCUT2D eigenvalue weighted by Crippen LogP contribution is 2.32. The summed E-state index contributed by atoms with van der Waals surface area (Å²) in [6, 6.07) is 14.5. The van der Waals surface area contributed by atoms with Crippen LogP contribution in [-0.4, -0.2) is 19.5 Å². The first kappa shape index (κ1) is 18.4. The lowest BCUT2D eigenvalue weighted by molar-refractivity contribution is 0.628. The quantitative estimate of drug-likeness (QED) is 0.394. The Morgan fingerprint density at radius 2 is 1.83 bits per heavy atom. The van der Waals surface area contributed by atoms with E-state index >= 15 is 0 Å². The number of nitrogens with zero attached hydrogens (tertiary/aromatic N) is 4. The van der Waals surface area contributed by atoms with Gasteiger partial charge in [0.2, 0.25) is 0 Å². The van der Waals surface area contributed by atoms with Crippen LogP contribution in [0.5, 0.6) is 0 Å². The maximum atomic E-state index is 13.7. The van der Waals surface area contributed by atoms with Crippen LogP contribution in [0, 0.1) is 12.7 Å². The molecule has 0 aliphatic rings. The molecule has 0 saturated carbocycles. The maximum absolute atomic E-state index is 13.7. The minimum Gasteiger partial charge on any atom is -0.331 e. The average Bonchev–Trinajstić information content (AvgIpc) is 3.34. The Labute approximate surface area is 176 Å². The Kier molecular flexibility index (Phi) is 4.52. The second kappa shape index (κ2) is 7.35. The van der Waals surface area contributed by atoms with Crippen molar-refractivity contribution in [3.8, 4) is 22.6 Å². The molecule has 0 aliphatic heterocycles. The first-order valence-electron chi connectivity index (χ1n) is 9.44. The number of aromatic nitrogens is 4. The average molecular weight is 415 g/mol. The van der Waals surface area contributed by atoms with Gasteiger partial charge < -0.3 is 9.88 Å². The van der Waals surface area contributed by atoms with Crippen molar-refractivity contribution in [3.63, 3.8) is 0 Å². The van der Waals surface area contributed by atoms with Crippen LogP contribution < -0.4 is 5.32 Å². The fraction of sp³-hybridized carbons (Fsp3) is 0.0870. The normalized spacial score (nSPS) is 11.2. The SMILES string of the molecule is Cc1cc2c(cc1Nc1nc(-c3ccncc3)cs1)nc(-c1cccc(F)c1)n2C. The standard InChI is InChI=1S/C23H18FN5S/c1-14-10-21-19(26-22(29(21)2)16-4-3-5-17(24)11-16)12-18(14)27-23-28-20(13-30-23)15-6-8-25-9-7-15/h3-13H,1-2H3,(H,27,28). The lowest BCUT2D eigenvalue weighted by Gasteiger charge is -2.08. The molecule has 1 N–H and O–H groups in total. The molecular weight excluding hydrogens is 397 g/mol. The predicted molar refractivity (Wildman–Crippen MR) is 119 cm³/mol. The highest BCUT2D eigenvalue weighted by molar-refractivity contribution is 7.14. The number of hydrogen-bond donors (Lipinski definition) is 1. The third kappa shape index (κ3) is 3.33. The van der Waals surface area contributed by atoms with Gasteiger partial charge in [-0.2, -0.15) is 0 Å². The predicted octanol–water partition coefficient (Wildman–Crippen LogP) is 5.95. The summed E-state index contributed by atoms with van der Waals surface area (Å²) in [7, 11) is 1.95. The Bertz CT molecular complexity index is 1360. The maximum Gasteiger partial charge on any atom is 0.187 e.